The largest absolute Gasteiger partial charge is 0.386 e. The van der Waals surface area contributed by atoms with Crippen LogP contribution in [0.3, 0.4) is 0 Å². The molecule has 0 amide bonds. The lowest BCUT2D eigenvalue weighted by Crippen LogP contribution is -2.15. The van der Waals surface area contributed by atoms with Gasteiger partial charge in [0.2, 0.25) is 0 Å². The Morgan fingerprint density at radius 3 is 2.42 bits per heavy atom. The molecule has 1 rings (SSSR count). The molecule has 0 atom stereocenters. The highest BCUT2D eigenvalue weighted by atomic mass is 79.9. The lowest BCUT2D eigenvalue weighted by atomic mass is 9.99. The van der Waals surface area contributed by atoms with Crippen LogP contribution in [0.15, 0.2) is 22.7 Å². The molecule has 0 spiro atoms. The van der Waals surface area contributed by atoms with Gasteiger partial charge >= 0.3 is 0 Å². The lowest BCUT2D eigenvalue weighted by molar-refractivity contribution is 0.0785. The van der Waals surface area contributed by atoms with Gasteiger partial charge in [0.05, 0.1) is 10.6 Å². The highest BCUT2D eigenvalue weighted by Crippen LogP contribution is 2.28. The average Bonchev–Trinajstić information content (AvgIpc) is 1.92. The van der Waals surface area contributed by atoms with Crippen molar-refractivity contribution in [2.24, 2.45) is 0 Å². The number of benzene rings is 1. The predicted octanol–water partition coefficient (Wildman–Crippen LogP) is 3.33. The van der Waals surface area contributed by atoms with Crippen LogP contribution in [0.1, 0.15) is 19.4 Å². The Morgan fingerprint density at radius 2 is 2.00 bits per heavy atom. The molecule has 1 nitrogen and oxygen atoms in total. The van der Waals surface area contributed by atoms with Gasteiger partial charge < -0.3 is 5.11 Å². The minimum Gasteiger partial charge on any atom is -0.386 e. The molecule has 0 unspecified atom stereocenters. The molecule has 0 aliphatic carbocycles. The van der Waals surface area contributed by atoms with Gasteiger partial charge in [-0.2, -0.15) is 0 Å². The highest BCUT2D eigenvalue weighted by Gasteiger charge is 2.16. The second kappa shape index (κ2) is 3.36. The first kappa shape index (κ1) is 10.0. The molecule has 0 fully saturated rings. The molecule has 0 saturated carbocycles. The molecule has 0 saturated heterocycles. The van der Waals surface area contributed by atoms with Crippen molar-refractivity contribution in [2.45, 2.75) is 19.4 Å². The van der Waals surface area contributed by atoms with Crippen molar-refractivity contribution in [1.82, 2.24) is 0 Å². The molecule has 1 N–H and O–H groups in total. The van der Waals surface area contributed by atoms with Gasteiger partial charge in [-0.1, -0.05) is 17.7 Å². The van der Waals surface area contributed by atoms with E-state index in [9.17, 15) is 5.11 Å². The van der Waals surface area contributed by atoms with Crippen LogP contribution in [-0.2, 0) is 5.60 Å². The second-order valence-electron chi connectivity index (χ2n) is 3.19. The Bertz CT molecular complexity index is 291. The van der Waals surface area contributed by atoms with Gasteiger partial charge in [-0.05, 0) is 47.5 Å². The molecule has 12 heavy (non-hydrogen) atoms. The molecule has 0 bridgehead atoms. The van der Waals surface area contributed by atoms with E-state index in [0.717, 1.165) is 10.0 Å². The molecule has 66 valence electrons. The van der Waals surface area contributed by atoms with E-state index in [4.69, 9.17) is 11.6 Å². The summed E-state index contributed by atoms with van der Waals surface area (Å²) in [5.74, 6) is 0. The quantitative estimate of drug-likeness (QED) is 0.809. The van der Waals surface area contributed by atoms with E-state index < -0.39 is 5.60 Å². The smallest absolute Gasteiger partial charge is 0.0840 e. The van der Waals surface area contributed by atoms with Crippen LogP contribution in [0.2, 0.25) is 5.02 Å². The Balaban J connectivity index is 3.14. The van der Waals surface area contributed by atoms with Gasteiger partial charge in [-0.15, -0.1) is 0 Å². The Labute approximate surface area is 85.5 Å². The van der Waals surface area contributed by atoms with Crippen LogP contribution in [0.25, 0.3) is 0 Å². The molecule has 1 aromatic carbocycles. The summed E-state index contributed by atoms with van der Waals surface area (Å²) in [6.07, 6.45) is 0. The minimum absolute atomic E-state index is 0.656. The third kappa shape index (κ3) is 2.22. The molecule has 1 aromatic rings. The molecule has 0 aromatic heterocycles. The second-order valence-corrected chi connectivity index (χ2v) is 4.45. The summed E-state index contributed by atoms with van der Waals surface area (Å²) >= 11 is 9.10. The lowest BCUT2D eigenvalue weighted by Gasteiger charge is -2.17. The van der Waals surface area contributed by atoms with Gasteiger partial charge in [0.15, 0.2) is 0 Å². The van der Waals surface area contributed by atoms with Crippen LogP contribution in [0.4, 0.5) is 0 Å². The third-order valence-corrected chi connectivity index (χ3v) is 2.84. The van der Waals surface area contributed by atoms with E-state index in [1.54, 1.807) is 19.9 Å². The zero-order valence-corrected chi connectivity index (χ0v) is 9.28. The Kier molecular flexibility index (Phi) is 2.81. The average molecular weight is 250 g/mol. The summed E-state index contributed by atoms with van der Waals surface area (Å²) in [5.41, 5.74) is 0.0337. The number of aliphatic hydroxyl groups is 1. The molecular formula is C9H10BrClO. The van der Waals surface area contributed by atoms with E-state index >= 15 is 0 Å². The monoisotopic (exact) mass is 248 g/mol. The number of hydrogen-bond acceptors (Lipinski definition) is 1. The van der Waals surface area contributed by atoms with Gasteiger partial charge in [0.25, 0.3) is 0 Å². The van der Waals surface area contributed by atoms with Crippen molar-refractivity contribution in [2.75, 3.05) is 0 Å². The van der Waals surface area contributed by atoms with E-state index in [1.807, 2.05) is 12.1 Å². The molecule has 0 radical (unpaired) electrons. The van der Waals surface area contributed by atoms with Gasteiger partial charge in [0.1, 0.15) is 0 Å². The molecule has 0 heterocycles. The summed E-state index contributed by atoms with van der Waals surface area (Å²) in [7, 11) is 0. The van der Waals surface area contributed by atoms with Crippen LogP contribution >= 0.6 is 27.5 Å². The first-order valence-corrected chi connectivity index (χ1v) is 4.76. The summed E-state index contributed by atoms with van der Waals surface area (Å²) in [4.78, 5) is 0. The van der Waals surface area contributed by atoms with E-state index in [-0.39, 0.29) is 0 Å². The van der Waals surface area contributed by atoms with Crippen LogP contribution in [0.5, 0.6) is 0 Å². The van der Waals surface area contributed by atoms with Crippen molar-refractivity contribution in [3.05, 3.63) is 33.3 Å². The Hall–Kier alpha value is -0.0500. The van der Waals surface area contributed by atoms with Crippen molar-refractivity contribution >= 4 is 27.5 Å². The van der Waals surface area contributed by atoms with Crippen LogP contribution < -0.4 is 0 Å². The predicted molar refractivity (Wildman–Crippen MR) is 54.4 cm³/mol. The van der Waals surface area contributed by atoms with Crippen LogP contribution in [0, 0.1) is 0 Å². The third-order valence-electron chi connectivity index (χ3n) is 1.63. The van der Waals surface area contributed by atoms with Crippen molar-refractivity contribution in [1.29, 1.82) is 0 Å². The number of rotatable bonds is 1. The minimum atomic E-state index is -0.812. The number of hydrogen-bond donors (Lipinski definition) is 1. The summed E-state index contributed by atoms with van der Waals surface area (Å²) in [5, 5.41) is 10.3. The fourth-order valence-corrected chi connectivity index (χ4v) is 1.37. The summed E-state index contributed by atoms with van der Waals surface area (Å²) < 4.78 is 0.809. The van der Waals surface area contributed by atoms with E-state index in [2.05, 4.69) is 15.9 Å². The maximum Gasteiger partial charge on any atom is 0.0840 e. The first-order valence-electron chi connectivity index (χ1n) is 3.59. The maximum absolute atomic E-state index is 9.64. The van der Waals surface area contributed by atoms with Gasteiger partial charge in [-0.25, -0.2) is 0 Å². The normalized spacial score (nSPS) is 11.8. The number of halogens is 2. The van der Waals surface area contributed by atoms with Crippen molar-refractivity contribution in [3.8, 4) is 0 Å². The fraction of sp³-hybridized carbons (Fsp3) is 0.333. The fourth-order valence-electron chi connectivity index (χ4n) is 0.877. The molecule has 3 heteroatoms. The van der Waals surface area contributed by atoms with Gasteiger partial charge in [0, 0.05) is 4.47 Å². The van der Waals surface area contributed by atoms with E-state index in [0.29, 0.717) is 5.02 Å². The van der Waals surface area contributed by atoms with E-state index in [1.165, 1.54) is 0 Å². The van der Waals surface area contributed by atoms with Crippen molar-refractivity contribution in [3.63, 3.8) is 0 Å². The maximum atomic E-state index is 9.64. The van der Waals surface area contributed by atoms with Crippen molar-refractivity contribution < 1.29 is 5.11 Å². The molecule has 0 aliphatic heterocycles. The summed E-state index contributed by atoms with van der Waals surface area (Å²) in [6.45, 7) is 3.48. The van der Waals surface area contributed by atoms with Crippen LogP contribution in [-0.4, -0.2) is 5.11 Å². The Morgan fingerprint density at radius 1 is 1.42 bits per heavy atom. The van der Waals surface area contributed by atoms with Gasteiger partial charge in [-0.3, -0.25) is 0 Å². The zero-order chi connectivity index (χ0) is 9.35. The molecule has 0 aliphatic rings. The highest BCUT2D eigenvalue weighted by molar-refractivity contribution is 9.10. The first-order chi connectivity index (χ1) is 5.41. The standard InChI is InChI=1S/C9H10BrClO/c1-9(2,12)6-3-4-8(11)7(10)5-6/h3-5,12H,1-2H3. The SMILES string of the molecule is CC(C)(O)c1ccc(Cl)c(Br)c1. The molecular weight excluding hydrogens is 239 g/mol. The topological polar surface area (TPSA) is 20.2 Å². The zero-order valence-electron chi connectivity index (χ0n) is 6.94. The summed E-state index contributed by atoms with van der Waals surface area (Å²) in [6, 6.07) is 5.40.